The normalized spacial score (nSPS) is 22.5. The molecule has 102 valence electrons. The molecule has 8 heteroatoms. The first-order valence-electron chi connectivity index (χ1n) is 5.70. The van der Waals surface area contributed by atoms with Gasteiger partial charge >= 0.3 is 0 Å². The molecule has 1 atom stereocenters. The van der Waals surface area contributed by atoms with Crippen molar-refractivity contribution in [1.82, 2.24) is 0 Å². The second-order valence-electron chi connectivity index (χ2n) is 4.86. The van der Waals surface area contributed by atoms with Crippen molar-refractivity contribution in [3.8, 4) is 0 Å². The Morgan fingerprint density at radius 2 is 2.00 bits per heavy atom. The molecule has 1 unspecified atom stereocenters. The van der Waals surface area contributed by atoms with Crippen LogP contribution in [0, 0.1) is 20.2 Å². The number of rotatable bonds is 3. The predicted molar refractivity (Wildman–Crippen MR) is 67.2 cm³/mol. The Morgan fingerprint density at radius 3 is 2.47 bits per heavy atom. The highest BCUT2D eigenvalue weighted by atomic mass is 16.6. The number of nitro groups is 2. The van der Waals surface area contributed by atoms with Gasteiger partial charge in [0, 0.05) is 19.2 Å². The first kappa shape index (κ1) is 13.2. The molecule has 1 aromatic carbocycles. The molecule has 0 saturated carbocycles. The molecule has 19 heavy (non-hydrogen) atoms. The van der Waals surface area contributed by atoms with Gasteiger partial charge in [0.05, 0.1) is 21.5 Å². The van der Waals surface area contributed by atoms with Crippen molar-refractivity contribution in [1.29, 1.82) is 0 Å². The van der Waals surface area contributed by atoms with Gasteiger partial charge in [-0.1, -0.05) is 0 Å². The molecule has 1 aliphatic rings. The van der Waals surface area contributed by atoms with Crippen molar-refractivity contribution in [2.45, 2.75) is 18.9 Å². The molecule has 2 rings (SSSR count). The third-order valence-corrected chi connectivity index (χ3v) is 3.16. The summed E-state index contributed by atoms with van der Waals surface area (Å²) in [6.07, 6.45) is 0.501. The van der Waals surface area contributed by atoms with Gasteiger partial charge in [-0.3, -0.25) is 20.2 Å². The molecule has 0 spiro atoms. The average molecular weight is 267 g/mol. The van der Waals surface area contributed by atoms with E-state index in [0.717, 1.165) is 6.07 Å². The SMILES string of the molecule is CC1(O)CCN(c2ccc([N+](=O)[O-])cc2[N+](=O)[O-])C1. The summed E-state index contributed by atoms with van der Waals surface area (Å²) in [6.45, 7) is 2.40. The lowest BCUT2D eigenvalue weighted by atomic mass is 10.1. The third-order valence-electron chi connectivity index (χ3n) is 3.16. The molecular weight excluding hydrogens is 254 g/mol. The Bertz CT molecular complexity index is 543. The van der Waals surface area contributed by atoms with Gasteiger partial charge in [-0.05, 0) is 19.4 Å². The highest BCUT2D eigenvalue weighted by molar-refractivity contribution is 5.67. The highest BCUT2D eigenvalue weighted by Gasteiger charge is 2.34. The van der Waals surface area contributed by atoms with E-state index in [0.29, 0.717) is 18.7 Å². The fourth-order valence-electron chi connectivity index (χ4n) is 2.19. The van der Waals surface area contributed by atoms with Crippen molar-refractivity contribution >= 4 is 17.1 Å². The lowest BCUT2D eigenvalue weighted by Gasteiger charge is -2.20. The number of hydrogen-bond acceptors (Lipinski definition) is 6. The zero-order chi connectivity index (χ0) is 14.2. The van der Waals surface area contributed by atoms with Gasteiger partial charge in [-0.2, -0.15) is 0 Å². The van der Waals surface area contributed by atoms with E-state index in [1.807, 2.05) is 0 Å². The highest BCUT2D eigenvalue weighted by Crippen LogP contribution is 2.35. The van der Waals surface area contributed by atoms with E-state index in [2.05, 4.69) is 0 Å². The molecule has 1 aliphatic heterocycles. The molecule has 1 heterocycles. The number of hydrogen-bond donors (Lipinski definition) is 1. The summed E-state index contributed by atoms with van der Waals surface area (Å²) < 4.78 is 0. The van der Waals surface area contributed by atoms with Crippen LogP contribution in [0.25, 0.3) is 0 Å². The number of β-amino-alcohol motifs (C(OH)–C–C–N with tert-alkyl or cyclic N) is 1. The lowest BCUT2D eigenvalue weighted by molar-refractivity contribution is -0.393. The minimum absolute atomic E-state index is 0.269. The molecule has 1 fully saturated rings. The van der Waals surface area contributed by atoms with Crippen LogP contribution in [0.5, 0.6) is 0 Å². The van der Waals surface area contributed by atoms with Gasteiger partial charge in [-0.15, -0.1) is 0 Å². The number of non-ortho nitro benzene ring substituents is 1. The zero-order valence-corrected chi connectivity index (χ0v) is 10.3. The summed E-state index contributed by atoms with van der Waals surface area (Å²) in [5, 5.41) is 31.5. The predicted octanol–water partition coefficient (Wildman–Crippen LogP) is 1.46. The quantitative estimate of drug-likeness (QED) is 0.655. The Balaban J connectivity index is 2.41. The van der Waals surface area contributed by atoms with Crippen molar-refractivity contribution < 1.29 is 15.0 Å². The molecule has 0 aromatic heterocycles. The maximum Gasteiger partial charge on any atom is 0.299 e. The van der Waals surface area contributed by atoms with E-state index < -0.39 is 15.4 Å². The van der Waals surface area contributed by atoms with Crippen molar-refractivity contribution in [2.75, 3.05) is 18.0 Å². The Kier molecular flexibility index (Phi) is 3.11. The lowest BCUT2D eigenvalue weighted by Crippen LogP contribution is -2.29. The van der Waals surface area contributed by atoms with E-state index in [4.69, 9.17) is 0 Å². The largest absolute Gasteiger partial charge is 0.388 e. The van der Waals surface area contributed by atoms with Gasteiger partial charge in [0.2, 0.25) is 0 Å². The summed E-state index contributed by atoms with van der Waals surface area (Å²) in [4.78, 5) is 22.0. The maximum atomic E-state index is 11.0. The van der Waals surface area contributed by atoms with Crippen LogP contribution in [0.3, 0.4) is 0 Å². The zero-order valence-electron chi connectivity index (χ0n) is 10.3. The summed E-state index contributed by atoms with van der Waals surface area (Å²) >= 11 is 0. The summed E-state index contributed by atoms with van der Waals surface area (Å²) in [6, 6.07) is 3.54. The third kappa shape index (κ3) is 2.63. The molecule has 0 amide bonds. The van der Waals surface area contributed by atoms with Crippen molar-refractivity contribution in [3.63, 3.8) is 0 Å². The van der Waals surface area contributed by atoms with Crippen LogP contribution in [0.2, 0.25) is 0 Å². The molecule has 0 aliphatic carbocycles. The fraction of sp³-hybridized carbons (Fsp3) is 0.455. The van der Waals surface area contributed by atoms with E-state index in [9.17, 15) is 25.3 Å². The molecule has 0 bridgehead atoms. The maximum absolute atomic E-state index is 11.0. The standard InChI is InChI=1S/C11H13N3O5/c1-11(15)4-5-12(7-11)9-3-2-8(13(16)17)6-10(9)14(18)19/h2-3,6,15H,4-5,7H2,1H3. The summed E-state index contributed by atoms with van der Waals surface area (Å²) in [5.41, 5.74) is -1.22. The Hall–Kier alpha value is -2.22. The Morgan fingerprint density at radius 1 is 1.32 bits per heavy atom. The molecule has 8 nitrogen and oxygen atoms in total. The molecule has 0 radical (unpaired) electrons. The first-order valence-corrected chi connectivity index (χ1v) is 5.70. The van der Waals surface area contributed by atoms with E-state index >= 15 is 0 Å². The summed E-state index contributed by atoms with van der Waals surface area (Å²) in [5.74, 6) is 0. The average Bonchev–Trinajstić information content (AvgIpc) is 2.68. The number of nitro benzene ring substituents is 2. The van der Waals surface area contributed by atoms with Crippen LogP contribution in [-0.2, 0) is 0 Å². The van der Waals surface area contributed by atoms with Crippen molar-refractivity contribution in [2.24, 2.45) is 0 Å². The molecule has 1 aromatic rings. The van der Waals surface area contributed by atoms with Gasteiger partial charge in [0.25, 0.3) is 11.4 Å². The van der Waals surface area contributed by atoms with Crippen LogP contribution in [0.1, 0.15) is 13.3 Å². The Labute approximate surface area is 108 Å². The van der Waals surface area contributed by atoms with E-state index in [1.165, 1.54) is 12.1 Å². The van der Waals surface area contributed by atoms with Gasteiger partial charge < -0.3 is 10.0 Å². The van der Waals surface area contributed by atoms with Crippen LogP contribution in [-0.4, -0.2) is 33.6 Å². The van der Waals surface area contributed by atoms with Crippen LogP contribution in [0.15, 0.2) is 18.2 Å². The summed E-state index contributed by atoms with van der Waals surface area (Å²) in [7, 11) is 0. The van der Waals surface area contributed by atoms with Gasteiger partial charge in [0.15, 0.2) is 0 Å². The molecule has 1 saturated heterocycles. The molecule has 1 N–H and O–H groups in total. The van der Waals surface area contributed by atoms with Crippen LogP contribution < -0.4 is 4.90 Å². The van der Waals surface area contributed by atoms with Gasteiger partial charge in [0.1, 0.15) is 5.69 Å². The topological polar surface area (TPSA) is 110 Å². The second kappa shape index (κ2) is 4.47. The van der Waals surface area contributed by atoms with E-state index in [1.54, 1.807) is 11.8 Å². The minimum Gasteiger partial charge on any atom is -0.388 e. The number of anilines is 1. The second-order valence-corrected chi connectivity index (χ2v) is 4.86. The van der Waals surface area contributed by atoms with Crippen LogP contribution in [0.4, 0.5) is 17.1 Å². The first-order chi connectivity index (χ1) is 8.80. The molecular formula is C11H13N3O5. The monoisotopic (exact) mass is 267 g/mol. The van der Waals surface area contributed by atoms with Crippen LogP contribution >= 0.6 is 0 Å². The smallest absolute Gasteiger partial charge is 0.299 e. The number of benzene rings is 1. The fourth-order valence-corrected chi connectivity index (χ4v) is 2.19. The number of aliphatic hydroxyl groups is 1. The van der Waals surface area contributed by atoms with Crippen molar-refractivity contribution in [3.05, 3.63) is 38.4 Å². The van der Waals surface area contributed by atoms with Gasteiger partial charge in [-0.25, -0.2) is 0 Å². The minimum atomic E-state index is -0.893. The number of nitrogens with zero attached hydrogens (tertiary/aromatic N) is 3. The van der Waals surface area contributed by atoms with E-state index in [-0.39, 0.29) is 17.9 Å².